The zero-order valence-corrected chi connectivity index (χ0v) is 9.13. The molecule has 0 rings (SSSR count). The third-order valence-corrected chi connectivity index (χ3v) is 3.04. The number of hydrazone groups is 2. The second-order valence-electron chi connectivity index (χ2n) is 3.93. The summed E-state index contributed by atoms with van der Waals surface area (Å²) in [6.45, 7) is 10.1. The van der Waals surface area contributed by atoms with E-state index in [-0.39, 0.29) is 11.3 Å². The highest BCUT2D eigenvalue weighted by Gasteiger charge is 2.30. The Balaban J connectivity index is 4.84. The molecule has 0 aliphatic rings. The Morgan fingerprint density at radius 1 is 1.15 bits per heavy atom. The average Bonchev–Trinajstić information content (AvgIpc) is 2.13. The summed E-state index contributed by atoms with van der Waals surface area (Å²) >= 11 is 0. The molecule has 0 aliphatic heterocycles. The van der Waals surface area contributed by atoms with Gasteiger partial charge >= 0.3 is 0 Å². The van der Waals surface area contributed by atoms with Crippen LogP contribution < -0.4 is 11.7 Å². The third-order valence-electron chi connectivity index (χ3n) is 3.04. The molecule has 4 N–H and O–H groups in total. The molecule has 0 spiro atoms. The van der Waals surface area contributed by atoms with Crippen LogP contribution in [0, 0.1) is 11.3 Å². The maximum atomic E-state index is 5.25. The average molecular weight is 184 g/mol. The van der Waals surface area contributed by atoms with Crippen molar-refractivity contribution in [3.05, 3.63) is 0 Å². The van der Waals surface area contributed by atoms with E-state index in [0.29, 0.717) is 0 Å². The summed E-state index contributed by atoms with van der Waals surface area (Å²) in [6.07, 6.45) is 0. The minimum absolute atomic E-state index is 0.0955. The van der Waals surface area contributed by atoms with Crippen LogP contribution in [0.3, 0.4) is 0 Å². The molecule has 0 aromatic heterocycles. The second kappa shape index (κ2) is 4.25. The van der Waals surface area contributed by atoms with Gasteiger partial charge in [-0.15, -0.1) is 0 Å². The van der Waals surface area contributed by atoms with Gasteiger partial charge in [-0.25, -0.2) is 0 Å². The number of hydrogen-bond acceptors (Lipinski definition) is 4. The molecular weight excluding hydrogens is 164 g/mol. The summed E-state index contributed by atoms with van der Waals surface area (Å²) in [7, 11) is 0. The smallest absolute Gasteiger partial charge is 0.0407 e. The van der Waals surface area contributed by atoms with Gasteiger partial charge in [0.1, 0.15) is 0 Å². The maximum absolute atomic E-state index is 5.25. The maximum Gasteiger partial charge on any atom is 0.0407 e. The molecule has 0 aliphatic carbocycles. The molecule has 1 atom stereocenters. The van der Waals surface area contributed by atoms with E-state index in [1.807, 2.05) is 13.8 Å². The fraction of sp³-hybridized carbons (Fsp3) is 0.778. The van der Waals surface area contributed by atoms with E-state index >= 15 is 0 Å². The molecule has 0 saturated carbocycles. The highest BCUT2D eigenvalue weighted by Crippen LogP contribution is 2.29. The van der Waals surface area contributed by atoms with Crippen LogP contribution in [-0.4, -0.2) is 11.4 Å². The summed E-state index contributed by atoms with van der Waals surface area (Å²) in [5, 5.41) is 7.41. The zero-order chi connectivity index (χ0) is 10.6. The fourth-order valence-electron chi connectivity index (χ4n) is 1.11. The zero-order valence-electron chi connectivity index (χ0n) is 9.13. The van der Waals surface area contributed by atoms with E-state index in [2.05, 4.69) is 31.0 Å². The van der Waals surface area contributed by atoms with Gasteiger partial charge in [0.05, 0.1) is 0 Å². The lowest BCUT2D eigenvalue weighted by Crippen LogP contribution is -2.34. The quantitative estimate of drug-likeness (QED) is 0.394. The van der Waals surface area contributed by atoms with Crippen LogP contribution in [0.4, 0.5) is 0 Å². The molecule has 0 bridgehead atoms. The molecule has 4 nitrogen and oxygen atoms in total. The van der Waals surface area contributed by atoms with Crippen molar-refractivity contribution >= 4 is 11.4 Å². The Bertz CT molecular complexity index is 228. The summed E-state index contributed by atoms with van der Waals surface area (Å²) < 4.78 is 0. The molecule has 13 heavy (non-hydrogen) atoms. The van der Waals surface area contributed by atoms with Gasteiger partial charge in [-0.1, -0.05) is 20.8 Å². The van der Waals surface area contributed by atoms with Crippen molar-refractivity contribution in [2.75, 3.05) is 0 Å². The Morgan fingerprint density at radius 2 is 1.62 bits per heavy atom. The lowest BCUT2D eigenvalue weighted by molar-refractivity contribution is 0.421. The molecule has 0 saturated heterocycles. The number of rotatable bonds is 3. The molecule has 0 amide bonds. The minimum atomic E-state index is -0.0955. The molecule has 1 unspecified atom stereocenters. The Labute approximate surface area is 80.1 Å². The van der Waals surface area contributed by atoms with Crippen LogP contribution in [-0.2, 0) is 0 Å². The van der Waals surface area contributed by atoms with E-state index in [4.69, 9.17) is 11.7 Å². The van der Waals surface area contributed by atoms with Crippen molar-refractivity contribution < 1.29 is 0 Å². The largest absolute Gasteiger partial charge is 0.323 e. The molecule has 0 aromatic carbocycles. The highest BCUT2D eigenvalue weighted by molar-refractivity contribution is 5.94. The van der Waals surface area contributed by atoms with Gasteiger partial charge in [-0.3, -0.25) is 0 Å². The van der Waals surface area contributed by atoms with Crippen LogP contribution in [0.15, 0.2) is 10.2 Å². The first-order chi connectivity index (χ1) is 5.87. The van der Waals surface area contributed by atoms with E-state index in [1.54, 1.807) is 0 Å². The number of nitrogens with zero attached hydrogens (tertiary/aromatic N) is 2. The number of hydrogen-bond donors (Lipinski definition) is 2. The second-order valence-corrected chi connectivity index (χ2v) is 3.93. The highest BCUT2D eigenvalue weighted by atomic mass is 15.1. The Morgan fingerprint density at radius 3 is 1.92 bits per heavy atom. The van der Waals surface area contributed by atoms with E-state index in [9.17, 15) is 0 Å². The molecule has 0 fully saturated rings. The van der Waals surface area contributed by atoms with Crippen LogP contribution >= 0.6 is 0 Å². The van der Waals surface area contributed by atoms with Crippen LogP contribution in [0.2, 0.25) is 0 Å². The van der Waals surface area contributed by atoms with Crippen molar-refractivity contribution in [3.8, 4) is 0 Å². The Hall–Kier alpha value is -1.06. The summed E-state index contributed by atoms with van der Waals surface area (Å²) in [6, 6.07) is 0. The molecular formula is C9H20N4. The minimum Gasteiger partial charge on any atom is -0.323 e. The van der Waals surface area contributed by atoms with Crippen molar-refractivity contribution in [2.45, 2.75) is 34.6 Å². The van der Waals surface area contributed by atoms with Crippen LogP contribution in [0.1, 0.15) is 34.6 Å². The molecule has 0 heterocycles. The van der Waals surface area contributed by atoms with Gasteiger partial charge in [-0.05, 0) is 13.8 Å². The van der Waals surface area contributed by atoms with Crippen molar-refractivity contribution in [1.82, 2.24) is 0 Å². The van der Waals surface area contributed by atoms with Gasteiger partial charge < -0.3 is 11.7 Å². The first-order valence-corrected chi connectivity index (χ1v) is 4.37. The molecule has 0 radical (unpaired) electrons. The third kappa shape index (κ3) is 2.44. The fourth-order valence-corrected chi connectivity index (χ4v) is 1.11. The van der Waals surface area contributed by atoms with Crippen LogP contribution in [0.5, 0.6) is 0 Å². The molecule has 4 heteroatoms. The van der Waals surface area contributed by atoms with Crippen molar-refractivity contribution in [3.63, 3.8) is 0 Å². The summed E-state index contributed by atoms with van der Waals surface area (Å²) in [4.78, 5) is 0. The molecule has 76 valence electrons. The van der Waals surface area contributed by atoms with E-state index in [1.165, 1.54) is 0 Å². The van der Waals surface area contributed by atoms with E-state index in [0.717, 1.165) is 11.4 Å². The SMILES string of the molecule is C/C(=N\N)C(C)C(C)(C)/C(C)=N/N. The standard InChI is InChI=1S/C9H20N4/c1-6(7(2)12-10)9(4,5)8(3)13-11/h6H,10-11H2,1-5H3/b12-7+,13-8+. The van der Waals surface area contributed by atoms with Crippen molar-refractivity contribution in [1.29, 1.82) is 0 Å². The predicted octanol–water partition coefficient (Wildman–Crippen LogP) is 1.32. The first kappa shape index (κ1) is 11.9. The summed E-state index contributed by atoms with van der Waals surface area (Å²) in [5.74, 6) is 10.7. The lowest BCUT2D eigenvalue weighted by Gasteiger charge is -2.31. The van der Waals surface area contributed by atoms with Gasteiger partial charge in [0.2, 0.25) is 0 Å². The normalized spacial score (nSPS) is 17.3. The van der Waals surface area contributed by atoms with Crippen molar-refractivity contribution in [2.24, 2.45) is 33.2 Å². The van der Waals surface area contributed by atoms with E-state index < -0.39 is 0 Å². The Kier molecular flexibility index (Phi) is 3.91. The molecule has 0 aromatic rings. The topological polar surface area (TPSA) is 76.8 Å². The summed E-state index contributed by atoms with van der Waals surface area (Å²) in [5.41, 5.74) is 1.72. The monoisotopic (exact) mass is 184 g/mol. The van der Waals surface area contributed by atoms with Gasteiger partial charge in [0.15, 0.2) is 0 Å². The first-order valence-electron chi connectivity index (χ1n) is 4.37. The number of nitrogens with two attached hydrogens (primary N) is 2. The predicted molar refractivity (Wildman–Crippen MR) is 57.5 cm³/mol. The van der Waals surface area contributed by atoms with Gasteiger partial charge in [-0.2, -0.15) is 10.2 Å². The van der Waals surface area contributed by atoms with Gasteiger partial charge in [0, 0.05) is 22.8 Å². The lowest BCUT2D eigenvalue weighted by atomic mass is 9.74. The van der Waals surface area contributed by atoms with Gasteiger partial charge in [0.25, 0.3) is 0 Å². The van der Waals surface area contributed by atoms with Crippen LogP contribution in [0.25, 0.3) is 0 Å².